The zero-order valence-electron chi connectivity index (χ0n) is 6.66. The Labute approximate surface area is 66.0 Å². The van der Waals surface area contributed by atoms with Gasteiger partial charge in [0.15, 0.2) is 0 Å². The highest BCUT2D eigenvalue weighted by Gasteiger charge is 2.04. The number of rotatable bonds is 7. The smallest absolute Gasteiger partial charge is 0.293 e. The first kappa shape index (κ1) is 10.4. The summed E-state index contributed by atoms with van der Waals surface area (Å²) >= 11 is 0. The molecule has 0 aliphatic carbocycles. The van der Waals surface area contributed by atoms with Crippen LogP contribution in [0.2, 0.25) is 0 Å². The maximum Gasteiger partial charge on any atom is 0.293 e. The molecule has 0 radical (unpaired) electrons. The van der Waals surface area contributed by atoms with Crippen molar-refractivity contribution < 1.29 is 19.7 Å². The molecule has 0 aliphatic heterocycles. The van der Waals surface area contributed by atoms with E-state index in [1.54, 1.807) is 0 Å². The molecule has 0 bridgehead atoms. The van der Waals surface area contributed by atoms with Gasteiger partial charge in [-0.2, -0.15) is 0 Å². The van der Waals surface area contributed by atoms with Crippen molar-refractivity contribution in [2.24, 2.45) is 0 Å². The molecule has 0 aromatic rings. The number of carbonyl (C=O) groups is 1. The minimum absolute atomic E-state index is 0.0392. The lowest BCUT2D eigenvalue weighted by atomic mass is 10.1. The quantitative estimate of drug-likeness (QED) is 0.264. The van der Waals surface area contributed by atoms with Gasteiger partial charge in [-0.15, -0.1) is 0 Å². The van der Waals surface area contributed by atoms with Gasteiger partial charge in [-0.1, -0.05) is 6.92 Å². The van der Waals surface area contributed by atoms with E-state index in [1.807, 2.05) is 6.92 Å². The Bertz CT molecular complexity index is 94.4. The van der Waals surface area contributed by atoms with Crippen LogP contribution in [0.4, 0.5) is 0 Å². The Morgan fingerprint density at radius 2 is 2.36 bits per heavy atom. The third kappa shape index (κ3) is 5.82. The molecule has 0 amide bonds. The van der Waals surface area contributed by atoms with Crippen molar-refractivity contribution >= 4 is 6.47 Å². The van der Waals surface area contributed by atoms with Crippen LogP contribution in [0.5, 0.6) is 0 Å². The van der Waals surface area contributed by atoms with E-state index in [2.05, 4.69) is 4.89 Å². The summed E-state index contributed by atoms with van der Waals surface area (Å²) in [6.45, 7) is 2.68. The van der Waals surface area contributed by atoms with Crippen LogP contribution in [-0.2, 0) is 14.4 Å². The Morgan fingerprint density at radius 1 is 1.64 bits per heavy atom. The van der Waals surface area contributed by atoms with Crippen molar-refractivity contribution in [3.8, 4) is 0 Å². The van der Waals surface area contributed by atoms with Crippen LogP contribution in [-0.4, -0.2) is 24.4 Å². The minimum atomic E-state index is -0.0392. The fourth-order valence-electron chi connectivity index (χ4n) is 0.823. The van der Waals surface area contributed by atoms with Crippen LogP contribution < -0.4 is 0 Å². The molecule has 1 N–H and O–H groups in total. The summed E-state index contributed by atoms with van der Waals surface area (Å²) in [5, 5.41) is 7.97. The molecule has 11 heavy (non-hydrogen) atoms. The Morgan fingerprint density at radius 3 is 2.82 bits per heavy atom. The van der Waals surface area contributed by atoms with Crippen molar-refractivity contribution in [1.82, 2.24) is 0 Å². The topological polar surface area (TPSA) is 55.8 Å². The van der Waals surface area contributed by atoms with Gasteiger partial charge in [0.05, 0.1) is 6.61 Å². The average Bonchev–Trinajstić information content (AvgIpc) is 2.03. The standard InChI is InChI=1S/C7H14O4/c1-2-7(10-6-8)4-3-5-11-9/h6-7,9H,2-5H2,1H3. The van der Waals surface area contributed by atoms with Gasteiger partial charge in [0, 0.05) is 0 Å². The normalized spacial score (nSPS) is 12.5. The monoisotopic (exact) mass is 162 g/mol. The highest BCUT2D eigenvalue weighted by Crippen LogP contribution is 2.04. The fourth-order valence-corrected chi connectivity index (χ4v) is 0.823. The van der Waals surface area contributed by atoms with E-state index in [4.69, 9.17) is 9.99 Å². The van der Waals surface area contributed by atoms with E-state index in [0.29, 0.717) is 19.5 Å². The lowest BCUT2D eigenvalue weighted by Gasteiger charge is -2.11. The van der Waals surface area contributed by atoms with E-state index in [1.165, 1.54) is 0 Å². The summed E-state index contributed by atoms with van der Waals surface area (Å²) in [7, 11) is 0. The van der Waals surface area contributed by atoms with Crippen LogP contribution in [0.25, 0.3) is 0 Å². The predicted molar refractivity (Wildman–Crippen MR) is 39.0 cm³/mol. The highest BCUT2D eigenvalue weighted by molar-refractivity contribution is 5.37. The van der Waals surface area contributed by atoms with E-state index >= 15 is 0 Å². The second kappa shape index (κ2) is 7.50. The molecule has 1 atom stereocenters. The van der Waals surface area contributed by atoms with E-state index < -0.39 is 0 Å². The highest BCUT2D eigenvalue weighted by atomic mass is 17.1. The zero-order chi connectivity index (χ0) is 8.53. The number of carbonyl (C=O) groups excluding carboxylic acids is 1. The first-order chi connectivity index (χ1) is 5.35. The van der Waals surface area contributed by atoms with Crippen LogP contribution in [0.3, 0.4) is 0 Å². The Hall–Kier alpha value is -0.610. The van der Waals surface area contributed by atoms with E-state index in [9.17, 15) is 4.79 Å². The molecule has 0 fully saturated rings. The lowest BCUT2D eigenvalue weighted by Crippen LogP contribution is -2.11. The molecule has 0 aromatic heterocycles. The molecule has 0 heterocycles. The lowest BCUT2D eigenvalue weighted by molar-refractivity contribution is -0.243. The Balaban J connectivity index is 3.27. The number of hydrogen-bond acceptors (Lipinski definition) is 4. The molecule has 0 saturated heterocycles. The number of hydrogen-bond donors (Lipinski definition) is 1. The second-order valence-electron chi connectivity index (χ2n) is 2.24. The molecule has 4 nitrogen and oxygen atoms in total. The van der Waals surface area contributed by atoms with Crippen molar-refractivity contribution in [2.45, 2.75) is 32.3 Å². The molecule has 0 aliphatic rings. The third-order valence-electron chi connectivity index (χ3n) is 1.47. The van der Waals surface area contributed by atoms with E-state index in [0.717, 1.165) is 12.8 Å². The summed E-state index contributed by atoms with van der Waals surface area (Å²) in [5.41, 5.74) is 0. The second-order valence-corrected chi connectivity index (χ2v) is 2.24. The molecular weight excluding hydrogens is 148 g/mol. The fraction of sp³-hybridized carbons (Fsp3) is 0.857. The first-order valence-electron chi connectivity index (χ1n) is 3.70. The molecular formula is C7H14O4. The maximum absolute atomic E-state index is 9.90. The van der Waals surface area contributed by atoms with Gasteiger partial charge in [0.1, 0.15) is 6.10 Å². The average molecular weight is 162 g/mol. The molecule has 0 rings (SSSR count). The van der Waals surface area contributed by atoms with Crippen LogP contribution in [0, 0.1) is 0 Å². The number of ether oxygens (including phenoxy) is 1. The van der Waals surface area contributed by atoms with Gasteiger partial charge >= 0.3 is 0 Å². The largest absolute Gasteiger partial charge is 0.465 e. The van der Waals surface area contributed by atoms with Gasteiger partial charge in [-0.3, -0.25) is 10.1 Å². The molecule has 4 heteroatoms. The first-order valence-corrected chi connectivity index (χ1v) is 3.70. The molecule has 0 saturated carbocycles. The van der Waals surface area contributed by atoms with Crippen molar-refractivity contribution in [1.29, 1.82) is 0 Å². The summed E-state index contributed by atoms with van der Waals surface area (Å²) in [5.74, 6) is 0. The van der Waals surface area contributed by atoms with Crippen LogP contribution in [0.1, 0.15) is 26.2 Å². The maximum atomic E-state index is 9.90. The SMILES string of the molecule is CCC(CCCOO)OC=O. The molecule has 0 spiro atoms. The molecule has 1 unspecified atom stereocenters. The van der Waals surface area contributed by atoms with Gasteiger partial charge in [-0.25, -0.2) is 4.89 Å². The zero-order valence-corrected chi connectivity index (χ0v) is 6.66. The third-order valence-corrected chi connectivity index (χ3v) is 1.47. The van der Waals surface area contributed by atoms with Crippen LogP contribution in [0.15, 0.2) is 0 Å². The summed E-state index contributed by atoms with van der Waals surface area (Å²) in [6.07, 6.45) is 2.19. The minimum Gasteiger partial charge on any atom is -0.465 e. The molecule has 66 valence electrons. The van der Waals surface area contributed by atoms with Gasteiger partial charge in [0.25, 0.3) is 6.47 Å². The van der Waals surface area contributed by atoms with E-state index in [-0.39, 0.29) is 6.10 Å². The van der Waals surface area contributed by atoms with Gasteiger partial charge in [0.2, 0.25) is 0 Å². The summed E-state index contributed by atoms with van der Waals surface area (Å²) in [4.78, 5) is 13.8. The Kier molecular flexibility index (Phi) is 7.08. The molecule has 0 aromatic carbocycles. The van der Waals surface area contributed by atoms with Crippen molar-refractivity contribution in [3.63, 3.8) is 0 Å². The summed E-state index contributed by atoms with van der Waals surface area (Å²) < 4.78 is 4.72. The van der Waals surface area contributed by atoms with Gasteiger partial charge < -0.3 is 4.74 Å². The predicted octanol–water partition coefficient (Wildman–Crippen LogP) is 1.21. The summed E-state index contributed by atoms with van der Waals surface area (Å²) in [6, 6.07) is 0. The van der Waals surface area contributed by atoms with Crippen LogP contribution >= 0.6 is 0 Å². The van der Waals surface area contributed by atoms with Crippen molar-refractivity contribution in [2.75, 3.05) is 6.61 Å². The van der Waals surface area contributed by atoms with Crippen molar-refractivity contribution in [3.05, 3.63) is 0 Å². The van der Waals surface area contributed by atoms with Gasteiger partial charge in [-0.05, 0) is 19.3 Å².